The van der Waals surface area contributed by atoms with Crippen molar-refractivity contribution in [3.8, 4) is 24.7 Å². The molecule has 1 rings (SSSR count). The summed E-state index contributed by atoms with van der Waals surface area (Å²) >= 11 is 0. The maximum atomic E-state index is 11.5. The molecule has 0 radical (unpaired) electrons. The Morgan fingerprint density at radius 1 is 1.38 bits per heavy atom. The second-order valence-electron chi connectivity index (χ2n) is 3.41. The lowest BCUT2D eigenvalue weighted by Gasteiger charge is -2.23. The van der Waals surface area contributed by atoms with E-state index in [1.54, 1.807) is 6.92 Å². The number of terminal acetylenes is 2. The van der Waals surface area contributed by atoms with Gasteiger partial charge in [-0.2, -0.15) is 0 Å². The fraction of sp³-hybridized carbons (Fsp3) is 0.214. The molecule has 0 N–H and O–H groups in total. The molecule has 0 saturated heterocycles. The molecule has 16 heavy (non-hydrogen) atoms. The lowest BCUT2D eigenvalue weighted by Crippen LogP contribution is -2.36. The molecule has 80 valence electrons. The highest BCUT2D eigenvalue weighted by atomic mass is 16.2. The molecule has 0 heterocycles. The Kier molecular flexibility index (Phi) is 4.18. The number of carbonyl (C=O) groups is 1. The maximum absolute atomic E-state index is 11.5. The second-order valence-corrected chi connectivity index (χ2v) is 3.41. The van der Waals surface area contributed by atoms with Crippen molar-refractivity contribution in [3.63, 3.8) is 0 Å². The van der Waals surface area contributed by atoms with Crippen LogP contribution < -0.4 is 0 Å². The van der Waals surface area contributed by atoms with Gasteiger partial charge in [-0.1, -0.05) is 36.3 Å². The van der Waals surface area contributed by atoms with Crippen LogP contribution >= 0.6 is 0 Å². The Hall–Kier alpha value is -2.19. The number of rotatable bonds is 3. The van der Waals surface area contributed by atoms with Gasteiger partial charge in [-0.25, -0.2) is 0 Å². The third-order valence-corrected chi connectivity index (χ3v) is 2.29. The highest BCUT2D eigenvalue weighted by molar-refractivity contribution is 5.93. The maximum Gasteiger partial charge on any atom is 0.299 e. The first-order valence-electron chi connectivity index (χ1n) is 4.96. The molecule has 1 aromatic carbocycles. The lowest BCUT2D eigenvalue weighted by atomic mass is 10.2. The van der Waals surface area contributed by atoms with E-state index in [4.69, 9.17) is 12.8 Å². The zero-order valence-electron chi connectivity index (χ0n) is 9.18. The molecule has 1 amide bonds. The number of amides is 1. The molecule has 0 saturated carbocycles. The highest BCUT2D eigenvalue weighted by Crippen LogP contribution is 2.08. The SMILES string of the molecule is C#CC(=O)N(Cc1ccccc1)C(C)C#C. The zero-order valence-corrected chi connectivity index (χ0v) is 9.18. The lowest BCUT2D eigenvalue weighted by molar-refractivity contribution is -0.126. The smallest absolute Gasteiger partial charge is 0.299 e. The quantitative estimate of drug-likeness (QED) is 0.696. The molecule has 0 bridgehead atoms. The van der Waals surface area contributed by atoms with E-state index >= 15 is 0 Å². The van der Waals surface area contributed by atoms with E-state index in [2.05, 4.69) is 11.8 Å². The van der Waals surface area contributed by atoms with Crippen molar-refractivity contribution in [1.29, 1.82) is 0 Å². The number of hydrogen-bond donors (Lipinski definition) is 0. The van der Waals surface area contributed by atoms with E-state index in [1.807, 2.05) is 30.3 Å². The van der Waals surface area contributed by atoms with Crippen LogP contribution in [0.3, 0.4) is 0 Å². The van der Waals surface area contributed by atoms with Gasteiger partial charge in [0.2, 0.25) is 0 Å². The number of nitrogens with zero attached hydrogens (tertiary/aromatic N) is 1. The standard InChI is InChI=1S/C14H13NO/c1-4-12(3)15(14(16)5-2)11-13-9-7-6-8-10-13/h1-2,6-10,12H,11H2,3H3. The first-order valence-corrected chi connectivity index (χ1v) is 4.96. The van der Waals surface area contributed by atoms with Crippen LogP contribution in [0.1, 0.15) is 12.5 Å². The summed E-state index contributed by atoms with van der Waals surface area (Å²) in [6.45, 7) is 2.22. The molecule has 0 aromatic heterocycles. The summed E-state index contributed by atoms with van der Waals surface area (Å²) in [7, 11) is 0. The van der Waals surface area contributed by atoms with Gasteiger partial charge in [0.05, 0.1) is 6.04 Å². The molecule has 0 aliphatic carbocycles. The molecule has 0 aliphatic heterocycles. The Balaban J connectivity index is 2.85. The normalized spacial score (nSPS) is 10.9. The number of hydrogen-bond acceptors (Lipinski definition) is 1. The monoisotopic (exact) mass is 211 g/mol. The Morgan fingerprint density at radius 3 is 2.50 bits per heavy atom. The van der Waals surface area contributed by atoms with Crippen LogP contribution in [0.15, 0.2) is 30.3 Å². The molecule has 1 atom stereocenters. The number of benzene rings is 1. The van der Waals surface area contributed by atoms with E-state index < -0.39 is 0 Å². The predicted molar refractivity (Wildman–Crippen MR) is 64.1 cm³/mol. The van der Waals surface area contributed by atoms with Gasteiger partial charge in [-0.05, 0) is 18.4 Å². The molecular weight excluding hydrogens is 198 g/mol. The molecule has 2 nitrogen and oxygen atoms in total. The first kappa shape index (κ1) is 11.9. The van der Waals surface area contributed by atoms with Gasteiger partial charge in [-0.3, -0.25) is 4.79 Å². The van der Waals surface area contributed by atoms with Crippen molar-refractivity contribution >= 4 is 5.91 Å². The van der Waals surface area contributed by atoms with Gasteiger partial charge < -0.3 is 4.90 Å². The summed E-state index contributed by atoms with van der Waals surface area (Å²) in [5.41, 5.74) is 1.01. The predicted octanol–water partition coefficient (Wildman–Crippen LogP) is 1.67. The molecule has 0 aliphatic rings. The van der Waals surface area contributed by atoms with Crippen molar-refractivity contribution in [3.05, 3.63) is 35.9 Å². The van der Waals surface area contributed by atoms with E-state index in [9.17, 15) is 4.79 Å². The van der Waals surface area contributed by atoms with E-state index in [0.29, 0.717) is 6.54 Å². The third-order valence-electron chi connectivity index (χ3n) is 2.29. The first-order chi connectivity index (χ1) is 7.69. The van der Waals surface area contributed by atoms with Crippen LogP contribution in [0.4, 0.5) is 0 Å². The van der Waals surface area contributed by atoms with E-state index in [-0.39, 0.29) is 11.9 Å². The van der Waals surface area contributed by atoms with Gasteiger partial charge in [0.15, 0.2) is 0 Å². The summed E-state index contributed by atoms with van der Waals surface area (Å²) in [6, 6.07) is 9.30. The van der Waals surface area contributed by atoms with Gasteiger partial charge in [0, 0.05) is 6.54 Å². The van der Waals surface area contributed by atoms with Crippen LogP contribution in [0.5, 0.6) is 0 Å². The summed E-state index contributed by atoms with van der Waals surface area (Å²) < 4.78 is 0. The minimum absolute atomic E-state index is 0.302. The molecule has 2 heteroatoms. The van der Waals surface area contributed by atoms with E-state index in [1.165, 1.54) is 4.90 Å². The summed E-state index contributed by atoms with van der Waals surface area (Å²) in [5, 5.41) is 0. The van der Waals surface area contributed by atoms with Gasteiger partial charge in [0.1, 0.15) is 0 Å². The number of carbonyl (C=O) groups excluding carboxylic acids is 1. The molecule has 1 unspecified atom stereocenters. The minimum Gasteiger partial charge on any atom is -0.314 e. The average Bonchev–Trinajstić information content (AvgIpc) is 2.35. The van der Waals surface area contributed by atoms with Crippen molar-refractivity contribution in [1.82, 2.24) is 4.90 Å². The van der Waals surface area contributed by atoms with Gasteiger partial charge >= 0.3 is 0 Å². The highest BCUT2D eigenvalue weighted by Gasteiger charge is 2.16. The molecular formula is C14H13NO. The molecule has 0 spiro atoms. The van der Waals surface area contributed by atoms with Crippen LogP contribution in [-0.4, -0.2) is 16.8 Å². The van der Waals surface area contributed by atoms with Crippen molar-refractivity contribution < 1.29 is 4.79 Å². The summed E-state index contributed by atoms with van der Waals surface area (Å²) in [5.74, 6) is 4.22. The van der Waals surface area contributed by atoms with Crippen molar-refractivity contribution in [2.75, 3.05) is 0 Å². The van der Waals surface area contributed by atoms with Crippen LogP contribution in [0.2, 0.25) is 0 Å². The average molecular weight is 211 g/mol. The fourth-order valence-electron chi connectivity index (χ4n) is 1.34. The third kappa shape index (κ3) is 2.90. The second kappa shape index (κ2) is 5.63. The summed E-state index contributed by atoms with van der Waals surface area (Å²) in [4.78, 5) is 13.0. The van der Waals surface area contributed by atoms with Gasteiger partial charge in [0.25, 0.3) is 5.91 Å². The Morgan fingerprint density at radius 2 is 2.00 bits per heavy atom. The molecule has 1 aromatic rings. The van der Waals surface area contributed by atoms with Crippen LogP contribution in [0, 0.1) is 24.7 Å². The summed E-state index contributed by atoms with van der Waals surface area (Å²) in [6.07, 6.45) is 10.4. The van der Waals surface area contributed by atoms with Gasteiger partial charge in [-0.15, -0.1) is 12.8 Å². The topological polar surface area (TPSA) is 20.3 Å². The van der Waals surface area contributed by atoms with E-state index in [0.717, 1.165) is 5.56 Å². The Labute approximate surface area is 96.3 Å². The van der Waals surface area contributed by atoms with Crippen LogP contribution in [-0.2, 0) is 11.3 Å². The molecule has 0 fully saturated rings. The largest absolute Gasteiger partial charge is 0.314 e. The Bertz CT molecular complexity index is 436. The van der Waals surface area contributed by atoms with Crippen molar-refractivity contribution in [2.24, 2.45) is 0 Å². The van der Waals surface area contributed by atoms with Crippen molar-refractivity contribution in [2.45, 2.75) is 19.5 Å². The minimum atomic E-state index is -0.380. The fourth-order valence-corrected chi connectivity index (χ4v) is 1.34. The zero-order chi connectivity index (χ0) is 12.0. The van der Waals surface area contributed by atoms with Crippen LogP contribution in [0.25, 0.3) is 0 Å².